The Morgan fingerprint density at radius 1 is 1.00 bits per heavy atom. The summed E-state index contributed by atoms with van der Waals surface area (Å²) in [5.41, 5.74) is 2.22. The molecular formula is C27H26FN5O5S. The number of benzene rings is 3. The highest BCUT2D eigenvalue weighted by Gasteiger charge is 2.25. The third-order valence-corrected chi connectivity index (χ3v) is 7.15. The number of carbonyl (C=O) groups excluding carboxylic acids is 2. The van der Waals surface area contributed by atoms with Gasteiger partial charge in [0.25, 0.3) is 10.0 Å². The van der Waals surface area contributed by atoms with Gasteiger partial charge in [-0.1, -0.05) is 42.5 Å². The number of nitrogens with zero attached hydrogens (tertiary/aromatic N) is 2. The van der Waals surface area contributed by atoms with Gasteiger partial charge in [0.05, 0.1) is 13.2 Å². The molecule has 0 saturated heterocycles. The maximum atomic E-state index is 14.1. The molecule has 0 saturated carbocycles. The van der Waals surface area contributed by atoms with Gasteiger partial charge in [0, 0.05) is 23.8 Å². The number of amides is 3. The van der Waals surface area contributed by atoms with Crippen LogP contribution < -0.4 is 15.4 Å². The fourth-order valence-electron chi connectivity index (χ4n) is 3.91. The molecule has 3 N–H and O–H groups in total. The van der Waals surface area contributed by atoms with E-state index in [4.69, 9.17) is 0 Å². The van der Waals surface area contributed by atoms with Gasteiger partial charge in [-0.3, -0.25) is 5.32 Å². The molecule has 0 aliphatic heterocycles. The molecule has 0 aliphatic rings. The molecule has 4 rings (SSSR count). The Kier molecular flexibility index (Phi) is 8.56. The summed E-state index contributed by atoms with van der Waals surface area (Å²) in [6.07, 6.45) is 3.59. The lowest BCUT2D eigenvalue weighted by Gasteiger charge is -2.21. The van der Waals surface area contributed by atoms with E-state index in [9.17, 15) is 22.4 Å². The summed E-state index contributed by atoms with van der Waals surface area (Å²) < 4.78 is 47.6. The van der Waals surface area contributed by atoms with Crippen LogP contribution in [0.5, 0.6) is 0 Å². The average Bonchev–Trinajstić information content (AvgIpc) is 3.41. The molecule has 0 bridgehead atoms. The minimum Gasteiger partial charge on any atom is -0.453 e. The number of ether oxygens (including phenoxy) is 1. The Morgan fingerprint density at radius 2 is 1.69 bits per heavy atom. The van der Waals surface area contributed by atoms with E-state index in [-0.39, 0.29) is 0 Å². The summed E-state index contributed by atoms with van der Waals surface area (Å²) in [7, 11) is -3.19. The largest absolute Gasteiger partial charge is 0.453 e. The lowest BCUT2D eigenvalue weighted by atomic mass is 10.0. The average molecular weight is 552 g/mol. The van der Waals surface area contributed by atoms with Gasteiger partial charge in [-0.05, 0) is 54.8 Å². The van der Waals surface area contributed by atoms with Crippen molar-refractivity contribution in [3.63, 3.8) is 0 Å². The fraction of sp³-hybridized carbons (Fsp3) is 0.148. The molecule has 0 fully saturated rings. The number of halogens is 1. The Hall–Kier alpha value is -4.71. The molecule has 10 nitrogen and oxygen atoms in total. The highest BCUT2D eigenvalue weighted by Crippen LogP contribution is 2.23. The lowest BCUT2D eigenvalue weighted by Crippen LogP contribution is -2.42. The number of carbonyl (C=O) groups is 2. The molecule has 1 heterocycles. The number of hydrogen-bond donors (Lipinski definition) is 3. The van der Waals surface area contributed by atoms with Gasteiger partial charge in [0.15, 0.2) is 0 Å². The van der Waals surface area contributed by atoms with E-state index in [2.05, 4.69) is 20.4 Å². The van der Waals surface area contributed by atoms with Gasteiger partial charge in [0.2, 0.25) is 0 Å². The van der Waals surface area contributed by atoms with E-state index in [0.29, 0.717) is 30.0 Å². The molecule has 12 heteroatoms. The molecule has 0 radical (unpaired) electrons. The first-order valence-electron chi connectivity index (χ1n) is 11.9. The maximum Gasteiger partial charge on any atom is 0.411 e. The highest BCUT2D eigenvalue weighted by molar-refractivity contribution is 7.90. The second kappa shape index (κ2) is 12.2. The maximum absolute atomic E-state index is 14.1. The number of anilines is 1. The lowest BCUT2D eigenvalue weighted by molar-refractivity contribution is 0.187. The van der Waals surface area contributed by atoms with Crippen LogP contribution in [0.3, 0.4) is 0 Å². The van der Waals surface area contributed by atoms with Crippen molar-refractivity contribution in [2.45, 2.75) is 23.8 Å². The molecule has 0 unspecified atom stereocenters. The first kappa shape index (κ1) is 27.3. The predicted octanol–water partition coefficient (Wildman–Crippen LogP) is 4.55. The van der Waals surface area contributed by atoms with E-state index < -0.39 is 38.9 Å². The number of aromatic nitrogens is 2. The Morgan fingerprint density at radius 3 is 2.38 bits per heavy atom. The van der Waals surface area contributed by atoms with Crippen molar-refractivity contribution in [1.29, 1.82) is 0 Å². The van der Waals surface area contributed by atoms with Crippen LogP contribution in [0.4, 0.5) is 19.7 Å². The Labute approximate surface area is 224 Å². The fourth-order valence-corrected chi connectivity index (χ4v) is 4.91. The van der Waals surface area contributed by atoms with Crippen molar-refractivity contribution in [2.75, 3.05) is 12.4 Å². The first-order chi connectivity index (χ1) is 18.8. The minimum absolute atomic E-state index is 0.385. The van der Waals surface area contributed by atoms with E-state index in [0.717, 1.165) is 17.7 Å². The quantitative estimate of drug-likeness (QED) is 0.280. The summed E-state index contributed by atoms with van der Waals surface area (Å²) in [4.78, 5) is 28.1. The van der Waals surface area contributed by atoms with Gasteiger partial charge < -0.3 is 14.6 Å². The van der Waals surface area contributed by atoms with Crippen LogP contribution in [0, 0.1) is 5.82 Å². The summed E-state index contributed by atoms with van der Waals surface area (Å²) in [5.74, 6) is -0.530. The van der Waals surface area contributed by atoms with Crippen LogP contribution >= 0.6 is 0 Å². The number of hydrogen-bond acceptors (Lipinski definition) is 6. The molecule has 3 aromatic carbocycles. The molecule has 3 amide bonds. The standard InChI is InChI=1S/C27H26FN5O5S/c1-38-27(35)30-20-12-14-21(15-13-20)33-18-17-29-25(33)23(16-11-19-7-3-2-4-8-19)31-26(34)32-39(36,37)24-10-6-5-9-22(24)28/h2-10,12-15,17-18,23H,11,16H2,1H3,(H,30,35)(H2,31,32,34)/t23-/m0/s1. The Bertz CT molecular complexity index is 1540. The van der Waals surface area contributed by atoms with Crippen molar-refractivity contribution in [1.82, 2.24) is 19.6 Å². The van der Waals surface area contributed by atoms with Gasteiger partial charge in [-0.2, -0.15) is 0 Å². The van der Waals surface area contributed by atoms with Crippen LogP contribution in [0.2, 0.25) is 0 Å². The molecule has 4 aromatic rings. The molecule has 0 spiro atoms. The van der Waals surface area contributed by atoms with Crippen LogP contribution in [-0.4, -0.2) is 37.2 Å². The third-order valence-electron chi connectivity index (χ3n) is 5.78. The van der Waals surface area contributed by atoms with E-state index in [1.54, 1.807) is 41.2 Å². The van der Waals surface area contributed by atoms with Crippen molar-refractivity contribution in [2.24, 2.45) is 0 Å². The predicted molar refractivity (Wildman–Crippen MR) is 142 cm³/mol. The number of nitrogens with one attached hydrogen (secondary N) is 3. The van der Waals surface area contributed by atoms with Crippen LogP contribution in [0.15, 0.2) is 96.2 Å². The zero-order valence-corrected chi connectivity index (χ0v) is 21.7. The monoisotopic (exact) mass is 551 g/mol. The second-order valence-electron chi connectivity index (χ2n) is 8.41. The van der Waals surface area contributed by atoms with Gasteiger partial charge in [0.1, 0.15) is 16.5 Å². The SMILES string of the molecule is COC(=O)Nc1ccc(-n2ccnc2[C@H](CCc2ccccc2)NC(=O)NS(=O)(=O)c2ccccc2F)cc1. The number of sulfonamides is 1. The molecule has 1 aromatic heterocycles. The first-order valence-corrected chi connectivity index (χ1v) is 13.4. The van der Waals surface area contributed by atoms with Crippen LogP contribution in [-0.2, 0) is 21.2 Å². The highest BCUT2D eigenvalue weighted by atomic mass is 32.2. The number of urea groups is 1. The van der Waals surface area contributed by atoms with Crippen molar-refractivity contribution >= 4 is 27.8 Å². The number of aryl methyl sites for hydroxylation is 1. The topological polar surface area (TPSA) is 131 Å². The van der Waals surface area contributed by atoms with E-state index >= 15 is 0 Å². The smallest absolute Gasteiger partial charge is 0.411 e. The molecule has 202 valence electrons. The summed E-state index contributed by atoms with van der Waals surface area (Å²) in [6.45, 7) is 0. The number of methoxy groups -OCH3 is 1. The summed E-state index contributed by atoms with van der Waals surface area (Å²) in [5, 5.41) is 5.25. The molecule has 39 heavy (non-hydrogen) atoms. The molecular weight excluding hydrogens is 525 g/mol. The number of rotatable bonds is 9. The zero-order chi connectivity index (χ0) is 27.8. The van der Waals surface area contributed by atoms with Crippen molar-refractivity contribution in [3.05, 3.63) is 108 Å². The van der Waals surface area contributed by atoms with Gasteiger partial charge >= 0.3 is 12.1 Å². The summed E-state index contributed by atoms with van der Waals surface area (Å²) >= 11 is 0. The van der Waals surface area contributed by atoms with E-state index in [1.807, 2.05) is 35.1 Å². The third kappa shape index (κ3) is 6.99. The number of imidazole rings is 1. The van der Waals surface area contributed by atoms with Gasteiger partial charge in [-0.15, -0.1) is 0 Å². The summed E-state index contributed by atoms with van der Waals surface area (Å²) in [6, 6.07) is 19.5. The van der Waals surface area contributed by atoms with Crippen molar-refractivity contribution in [3.8, 4) is 5.69 Å². The van der Waals surface area contributed by atoms with E-state index in [1.165, 1.54) is 19.2 Å². The Balaban J connectivity index is 1.58. The second-order valence-corrected chi connectivity index (χ2v) is 10.1. The van der Waals surface area contributed by atoms with Crippen LogP contribution in [0.1, 0.15) is 23.9 Å². The molecule has 1 atom stereocenters. The zero-order valence-electron chi connectivity index (χ0n) is 20.9. The van der Waals surface area contributed by atoms with Gasteiger partial charge in [-0.25, -0.2) is 32.1 Å². The van der Waals surface area contributed by atoms with Crippen LogP contribution in [0.25, 0.3) is 5.69 Å². The minimum atomic E-state index is -4.46. The van der Waals surface area contributed by atoms with Crippen molar-refractivity contribution < 1.29 is 27.1 Å². The normalized spacial score (nSPS) is 11.8. The molecule has 0 aliphatic carbocycles.